The molecule has 0 heterocycles. The van der Waals surface area contributed by atoms with Gasteiger partial charge in [-0.3, -0.25) is 9.59 Å². The summed E-state index contributed by atoms with van der Waals surface area (Å²) in [5.74, 6) is -1.18. The number of hydrogen-bond acceptors (Lipinski definition) is 6. The van der Waals surface area contributed by atoms with Crippen molar-refractivity contribution in [3.05, 3.63) is 35.4 Å². The van der Waals surface area contributed by atoms with Crippen molar-refractivity contribution in [1.82, 2.24) is 10.4 Å². The Kier molecular flexibility index (Phi) is 5.79. The van der Waals surface area contributed by atoms with Gasteiger partial charge in [0.1, 0.15) is 11.2 Å². The molecule has 1 unspecified atom stereocenters. The number of nitrogens with one attached hydrogen (secondary N) is 1. The Morgan fingerprint density at radius 2 is 1.55 bits per heavy atom. The predicted octanol–water partition coefficient (Wildman–Crippen LogP) is 3.43. The number of nitrogens with zero attached hydrogens (tertiary/aromatic N) is 1. The summed E-state index contributed by atoms with van der Waals surface area (Å²) in [6.45, 7) is 11.1. The summed E-state index contributed by atoms with van der Waals surface area (Å²) < 4.78 is 10.6. The van der Waals surface area contributed by atoms with Crippen LogP contribution in [0.4, 0.5) is 9.59 Å². The molecule has 0 saturated heterocycles. The maximum absolute atomic E-state index is 13.3. The molecule has 2 rings (SSSR count). The fourth-order valence-electron chi connectivity index (χ4n) is 3.09. The number of hydrogen-bond donors (Lipinski definition) is 1. The maximum atomic E-state index is 13.3. The Morgan fingerprint density at radius 1 is 1.00 bits per heavy atom. The molecule has 29 heavy (non-hydrogen) atoms. The van der Waals surface area contributed by atoms with Crippen LogP contribution in [0.5, 0.6) is 0 Å². The van der Waals surface area contributed by atoms with Gasteiger partial charge in [0.25, 0.3) is 0 Å². The van der Waals surface area contributed by atoms with E-state index in [-0.39, 0.29) is 6.42 Å². The molecule has 1 atom stereocenters. The van der Waals surface area contributed by atoms with Gasteiger partial charge in [-0.2, -0.15) is 5.01 Å². The number of fused-ring (bicyclic) bond motifs is 1. The molecule has 0 aromatic heterocycles. The van der Waals surface area contributed by atoms with Crippen molar-refractivity contribution in [3.8, 4) is 0 Å². The van der Waals surface area contributed by atoms with Crippen LogP contribution < -0.4 is 5.43 Å². The quantitative estimate of drug-likeness (QED) is 0.598. The van der Waals surface area contributed by atoms with E-state index in [9.17, 15) is 19.2 Å². The van der Waals surface area contributed by atoms with Gasteiger partial charge < -0.3 is 9.47 Å². The lowest BCUT2D eigenvalue weighted by Crippen LogP contribution is -2.67. The van der Waals surface area contributed by atoms with E-state index in [4.69, 9.17) is 9.47 Å². The van der Waals surface area contributed by atoms with Crippen molar-refractivity contribution in [2.45, 2.75) is 71.6 Å². The molecular formula is C21H28N2O6. The number of hydrazine groups is 1. The normalized spacial score (nSPS) is 18.7. The smallest absolute Gasteiger partial charge is 0.430 e. The van der Waals surface area contributed by atoms with Crippen LogP contribution in [-0.2, 0) is 20.7 Å². The van der Waals surface area contributed by atoms with Crippen molar-refractivity contribution in [2.75, 3.05) is 0 Å². The lowest BCUT2D eigenvalue weighted by atomic mass is 9.89. The van der Waals surface area contributed by atoms with Crippen LogP contribution in [0, 0.1) is 0 Å². The minimum atomic E-state index is -1.96. The summed E-state index contributed by atoms with van der Waals surface area (Å²) >= 11 is 0. The third-order valence-corrected chi connectivity index (χ3v) is 4.23. The number of ketones is 2. The van der Waals surface area contributed by atoms with Gasteiger partial charge in [0, 0.05) is 12.0 Å². The summed E-state index contributed by atoms with van der Waals surface area (Å²) in [6, 6.07) is 6.70. The highest BCUT2D eigenvalue weighted by Gasteiger charge is 2.57. The van der Waals surface area contributed by atoms with Crippen LogP contribution in [0.25, 0.3) is 0 Å². The number of carbonyl (C=O) groups excluding carboxylic acids is 4. The predicted molar refractivity (Wildman–Crippen MR) is 105 cm³/mol. The van der Waals surface area contributed by atoms with E-state index in [0.29, 0.717) is 16.1 Å². The Hall–Kier alpha value is -2.90. The summed E-state index contributed by atoms with van der Waals surface area (Å²) in [6.07, 6.45) is -2.08. The first-order chi connectivity index (χ1) is 13.2. The van der Waals surface area contributed by atoms with E-state index < -0.39 is 40.5 Å². The standard InChI is InChI=1S/C21H28N2O6/c1-13(24)21(12-14-10-8-9-11-15(14)16(21)25)23(18(27)29-20(5,6)7)22-17(26)28-19(2,3)4/h8-11H,12H2,1-7H3,(H,22,26). The highest BCUT2D eigenvalue weighted by Crippen LogP contribution is 2.35. The molecule has 8 heteroatoms. The van der Waals surface area contributed by atoms with Gasteiger partial charge in [-0.1, -0.05) is 24.3 Å². The molecule has 0 spiro atoms. The monoisotopic (exact) mass is 404 g/mol. The minimum Gasteiger partial charge on any atom is -0.443 e. The maximum Gasteiger partial charge on any atom is 0.430 e. The fourth-order valence-corrected chi connectivity index (χ4v) is 3.09. The minimum absolute atomic E-state index is 0.0770. The van der Waals surface area contributed by atoms with Crippen LogP contribution in [0.2, 0.25) is 0 Å². The average molecular weight is 404 g/mol. The number of rotatable bonds is 2. The van der Waals surface area contributed by atoms with E-state index in [1.165, 1.54) is 6.92 Å². The molecular weight excluding hydrogens is 376 g/mol. The van der Waals surface area contributed by atoms with Crippen LogP contribution in [0.3, 0.4) is 0 Å². The topological polar surface area (TPSA) is 102 Å². The number of carbonyl (C=O) groups is 4. The van der Waals surface area contributed by atoms with Crippen LogP contribution in [0.15, 0.2) is 24.3 Å². The first-order valence-corrected chi connectivity index (χ1v) is 9.34. The van der Waals surface area contributed by atoms with Gasteiger partial charge in [-0.25, -0.2) is 15.0 Å². The Morgan fingerprint density at radius 3 is 2.03 bits per heavy atom. The number of ether oxygens (including phenoxy) is 2. The molecule has 8 nitrogen and oxygen atoms in total. The Balaban J connectivity index is 2.52. The zero-order chi connectivity index (χ0) is 22.2. The van der Waals surface area contributed by atoms with Gasteiger partial charge in [-0.15, -0.1) is 0 Å². The van der Waals surface area contributed by atoms with E-state index in [1.54, 1.807) is 65.8 Å². The van der Waals surface area contributed by atoms with Crippen molar-refractivity contribution in [3.63, 3.8) is 0 Å². The van der Waals surface area contributed by atoms with Gasteiger partial charge in [0.2, 0.25) is 0 Å². The molecule has 2 amide bonds. The molecule has 0 radical (unpaired) electrons. The fraction of sp³-hybridized carbons (Fsp3) is 0.524. The highest BCUT2D eigenvalue weighted by atomic mass is 16.6. The first-order valence-electron chi connectivity index (χ1n) is 9.34. The van der Waals surface area contributed by atoms with Crippen LogP contribution in [-0.4, -0.2) is 45.5 Å². The molecule has 1 N–H and O–H groups in total. The largest absolute Gasteiger partial charge is 0.443 e. The zero-order valence-electron chi connectivity index (χ0n) is 17.9. The number of amides is 2. The van der Waals surface area contributed by atoms with Crippen molar-refractivity contribution in [1.29, 1.82) is 0 Å². The molecule has 1 aromatic rings. The molecule has 1 aromatic carbocycles. The highest BCUT2D eigenvalue weighted by molar-refractivity contribution is 6.22. The molecule has 0 aliphatic heterocycles. The number of benzene rings is 1. The Bertz CT molecular complexity index is 849. The molecule has 0 fully saturated rings. The summed E-state index contributed by atoms with van der Waals surface area (Å²) in [7, 11) is 0. The lowest BCUT2D eigenvalue weighted by molar-refractivity contribution is -0.127. The van der Waals surface area contributed by atoms with Gasteiger partial charge >= 0.3 is 12.2 Å². The summed E-state index contributed by atoms with van der Waals surface area (Å²) in [4.78, 5) is 51.5. The second-order valence-electron chi connectivity index (χ2n) is 9.01. The lowest BCUT2D eigenvalue weighted by Gasteiger charge is -2.38. The van der Waals surface area contributed by atoms with Crippen LogP contribution >= 0.6 is 0 Å². The third kappa shape index (κ3) is 4.75. The van der Waals surface area contributed by atoms with E-state index in [1.807, 2.05) is 0 Å². The Labute approximate surface area is 170 Å². The second kappa shape index (κ2) is 7.50. The van der Waals surface area contributed by atoms with Gasteiger partial charge in [0.15, 0.2) is 17.1 Å². The SMILES string of the molecule is CC(=O)C1(N(NC(=O)OC(C)(C)C)C(=O)OC(C)(C)C)Cc2ccccc2C1=O. The van der Waals surface area contributed by atoms with Crippen molar-refractivity contribution in [2.24, 2.45) is 0 Å². The zero-order valence-corrected chi connectivity index (χ0v) is 17.9. The van der Waals surface area contributed by atoms with Crippen molar-refractivity contribution < 1.29 is 28.7 Å². The van der Waals surface area contributed by atoms with E-state index in [0.717, 1.165) is 0 Å². The van der Waals surface area contributed by atoms with E-state index >= 15 is 0 Å². The van der Waals surface area contributed by atoms with Gasteiger partial charge in [-0.05, 0) is 54.0 Å². The molecule has 1 aliphatic carbocycles. The van der Waals surface area contributed by atoms with Crippen molar-refractivity contribution >= 4 is 23.8 Å². The summed E-state index contributed by atoms with van der Waals surface area (Å²) in [5.41, 5.74) is -0.519. The van der Waals surface area contributed by atoms with Gasteiger partial charge in [0.05, 0.1) is 0 Å². The molecule has 0 bridgehead atoms. The first kappa shape index (κ1) is 22.4. The van der Waals surface area contributed by atoms with E-state index in [2.05, 4.69) is 5.43 Å². The third-order valence-electron chi connectivity index (χ3n) is 4.23. The second-order valence-corrected chi connectivity index (χ2v) is 9.01. The molecule has 158 valence electrons. The molecule has 1 aliphatic rings. The average Bonchev–Trinajstić information content (AvgIpc) is 2.83. The molecule has 0 saturated carbocycles. The number of Topliss-reactive ketones (excluding diaryl/α,β-unsaturated/α-hetero) is 2. The summed E-state index contributed by atoms with van der Waals surface area (Å²) in [5, 5.41) is 0.678. The van der Waals surface area contributed by atoms with Crippen LogP contribution in [0.1, 0.15) is 64.4 Å².